The first kappa shape index (κ1) is 38.3. The number of carbonyl (C=O) groups is 4. The Morgan fingerprint density at radius 3 is 1.86 bits per heavy atom. The van der Waals surface area contributed by atoms with Gasteiger partial charge in [-0.2, -0.15) is 0 Å². The van der Waals surface area contributed by atoms with Crippen molar-refractivity contribution in [3.63, 3.8) is 0 Å². The molecule has 3 rings (SSSR count). The highest BCUT2D eigenvalue weighted by atomic mass is 16.2. The Morgan fingerprint density at radius 1 is 0.735 bits per heavy atom. The number of nitrogens with two attached hydrogens (primary N) is 3. The number of nitrogens with zero attached hydrogens (tertiary/aromatic N) is 2. The van der Waals surface area contributed by atoms with Crippen molar-refractivity contribution in [2.45, 2.75) is 69.6 Å². The second-order valence-electron chi connectivity index (χ2n) is 12.2. The molecule has 1 unspecified atom stereocenters. The van der Waals surface area contributed by atoms with E-state index in [9.17, 15) is 19.2 Å². The van der Waals surface area contributed by atoms with Gasteiger partial charge in [0.1, 0.15) is 18.1 Å². The molecule has 0 aromatic heterocycles. The Kier molecular flexibility index (Phi) is 15.3. The molecule has 1 heterocycles. The maximum absolute atomic E-state index is 13.8. The topological polar surface area (TPSA) is 249 Å². The molecule has 0 saturated carbocycles. The van der Waals surface area contributed by atoms with Gasteiger partial charge in [0.2, 0.25) is 23.6 Å². The number of benzene rings is 2. The first-order valence-corrected chi connectivity index (χ1v) is 16.7. The van der Waals surface area contributed by atoms with E-state index in [4.69, 9.17) is 28.0 Å². The van der Waals surface area contributed by atoms with Crippen molar-refractivity contribution in [1.82, 2.24) is 31.1 Å². The van der Waals surface area contributed by atoms with Gasteiger partial charge in [0.25, 0.3) is 0 Å². The molecule has 1 saturated heterocycles. The fourth-order valence-corrected chi connectivity index (χ4v) is 5.53. The number of hydrogen-bond donors (Lipinski definition) is 9. The third-order valence-electron chi connectivity index (χ3n) is 8.29. The SMILES string of the molecule is CCCC[C@@H](NC(=O)C(Cc1ccccc1)NC(=O)[C@H](N)Cc1ccccc1)C(=O)N[C@H](CNC(=N)N)C(=O)N1CCCN(C(=N)N)CC1. The highest BCUT2D eigenvalue weighted by Crippen LogP contribution is 2.10. The smallest absolute Gasteiger partial charge is 0.247 e. The fourth-order valence-electron chi connectivity index (χ4n) is 5.53. The van der Waals surface area contributed by atoms with Crippen LogP contribution in [0.4, 0.5) is 0 Å². The minimum atomic E-state index is -1.10. The maximum atomic E-state index is 13.8. The summed E-state index contributed by atoms with van der Waals surface area (Å²) in [5, 5.41) is 26.3. The molecule has 266 valence electrons. The second-order valence-corrected chi connectivity index (χ2v) is 12.2. The van der Waals surface area contributed by atoms with E-state index in [-0.39, 0.29) is 44.3 Å². The molecule has 1 aliphatic heterocycles. The highest BCUT2D eigenvalue weighted by molar-refractivity contribution is 5.95. The summed E-state index contributed by atoms with van der Waals surface area (Å²) in [7, 11) is 0. The molecule has 4 atom stereocenters. The summed E-state index contributed by atoms with van der Waals surface area (Å²) in [5.41, 5.74) is 19.1. The van der Waals surface area contributed by atoms with Crippen LogP contribution in [0.2, 0.25) is 0 Å². The van der Waals surface area contributed by atoms with Gasteiger partial charge in [-0.3, -0.25) is 30.0 Å². The Morgan fingerprint density at radius 2 is 1.27 bits per heavy atom. The van der Waals surface area contributed by atoms with Gasteiger partial charge >= 0.3 is 0 Å². The van der Waals surface area contributed by atoms with Crippen LogP contribution in [0.1, 0.15) is 43.7 Å². The van der Waals surface area contributed by atoms with Crippen LogP contribution in [0, 0.1) is 10.8 Å². The average molecular weight is 678 g/mol. The lowest BCUT2D eigenvalue weighted by Crippen LogP contribution is -2.60. The largest absolute Gasteiger partial charge is 0.370 e. The Balaban J connectivity index is 1.77. The van der Waals surface area contributed by atoms with Gasteiger partial charge in [0, 0.05) is 39.1 Å². The second kappa shape index (κ2) is 19.6. The molecule has 1 fully saturated rings. The molecule has 15 heteroatoms. The molecule has 0 aliphatic carbocycles. The third kappa shape index (κ3) is 12.7. The quantitative estimate of drug-likeness (QED) is 0.0808. The molecule has 15 nitrogen and oxygen atoms in total. The summed E-state index contributed by atoms with van der Waals surface area (Å²) < 4.78 is 0. The van der Waals surface area contributed by atoms with Crippen LogP contribution in [0.5, 0.6) is 0 Å². The average Bonchev–Trinajstić information content (AvgIpc) is 3.35. The van der Waals surface area contributed by atoms with Crippen LogP contribution in [-0.4, -0.2) is 102 Å². The van der Waals surface area contributed by atoms with E-state index < -0.39 is 47.8 Å². The van der Waals surface area contributed by atoms with E-state index in [2.05, 4.69) is 21.3 Å². The van der Waals surface area contributed by atoms with Gasteiger partial charge in [0.05, 0.1) is 6.04 Å². The Bertz CT molecular complexity index is 1410. The molecule has 1 aliphatic rings. The van der Waals surface area contributed by atoms with E-state index in [1.54, 1.807) is 9.80 Å². The fraction of sp³-hybridized carbons (Fsp3) is 0.471. The number of hydrogen-bond acceptors (Lipinski definition) is 7. The van der Waals surface area contributed by atoms with E-state index in [1.165, 1.54) is 0 Å². The van der Waals surface area contributed by atoms with Crippen LogP contribution >= 0.6 is 0 Å². The van der Waals surface area contributed by atoms with Crippen molar-refractivity contribution in [1.29, 1.82) is 10.8 Å². The first-order valence-electron chi connectivity index (χ1n) is 16.7. The number of amides is 4. The van der Waals surface area contributed by atoms with Crippen LogP contribution in [-0.2, 0) is 32.0 Å². The number of rotatable bonds is 16. The van der Waals surface area contributed by atoms with E-state index >= 15 is 0 Å². The zero-order chi connectivity index (χ0) is 35.8. The zero-order valence-corrected chi connectivity index (χ0v) is 28.1. The molecular formula is C34H51N11O4. The third-order valence-corrected chi connectivity index (χ3v) is 8.29. The predicted molar refractivity (Wildman–Crippen MR) is 188 cm³/mol. The molecule has 49 heavy (non-hydrogen) atoms. The molecule has 12 N–H and O–H groups in total. The normalized spacial score (nSPS) is 15.5. The van der Waals surface area contributed by atoms with Crippen molar-refractivity contribution in [2.24, 2.45) is 17.2 Å². The van der Waals surface area contributed by atoms with Crippen molar-refractivity contribution in [2.75, 3.05) is 32.7 Å². The Hall–Kier alpha value is -5.18. The summed E-state index contributed by atoms with van der Waals surface area (Å²) in [6, 6.07) is 14.5. The number of nitrogens with one attached hydrogen (secondary N) is 6. The van der Waals surface area contributed by atoms with Crippen LogP contribution in [0.15, 0.2) is 60.7 Å². The first-order chi connectivity index (χ1) is 23.5. The van der Waals surface area contributed by atoms with Crippen LogP contribution < -0.4 is 38.5 Å². The molecule has 4 amide bonds. The van der Waals surface area contributed by atoms with Gasteiger partial charge in [-0.25, -0.2) is 0 Å². The molecule has 0 spiro atoms. The molecule has 0 bridgehead atoms. The van der Waals surface area contributed by atoms with Gasteiger partial charge < -0.3 is 48.3 Å². The molecule has 2 aromatic rings. The van der Waals surface area contributed by atoms with Crippen molar-refractivity contribution >= 4 is 35.5 Å². The van der Waals surface area contributed by atoms with E-state index in [0.717, 1.165) is 17.5 Å². The maximum Gasteiger partial charge on any atom is 0.247 e. The van der Waals surface area contributed by atoms with Gasteiger partial charge in [-0.15, -0.1) is 0 Å². The Labute approximate surface area is 287 Å². The summed E-state index contributed by atoms with van der Waals surface area (Å²) in [4.78, 5) is 57.8. The van der Waals surface area contributed by atoms with Crippen LogP contribution in [0.3, 0.4) is 0 Å². The summed E-state index contributed by atoms with van der Waals surface area (Å²) in [6.07, 6.45) is 2.65. The van der Waals surface area contributed by atoms with Gasteiger partial charge in [-0.05, 0) is 30.4 Å². The standard InChI is InChI=1S/C34H51N11O4/c1-2-3-15-26(30(47)43-28(22-40-33(36)37)32(49)44-16-10-17-45(19-18-44)34(38)39)41-31(48)27(21-24-13-8-5-9-14-24)42-29(46)25(35)20-23-11-6-4-7-12-23/h4-9,11-14,25-28H,2-3,10,15-22,35H2,1H3,(H3,38,39)(H,41,48)(H,42,46)(H,43,47)(H4,36,37,40)/t25-,26-,27?,28-/m1/s1. The summed E-state index contributed by atoms with van der Waals surface area (Å²) in [6.45, 7) is 3.36. The minimum absolute atomic E-state index is 0.0770. The monoisotopic (exact) mass is 677 g/mol. The lowest BCUT2D eigenvalue weighted by Gasteiger charge is -2.29. The lowest BCUT2D eigenvalue weighted by atomic mass is 10.0. The summed E-state index contributed by atoms with van der Waals surface area (Å²) >= 11 is 0. The lowest BCUT2D eigenvalue weighted by molar-refractivity contribution is -0.137. The molecular weight excluding hydrogens is 626 g/mol. The van der Waals surface area contributed by atoms with Crippen molar-refractivity contribution in [3.05, 3.63) is 71.8 Å². The summed E-state index contributed by atoms with van der Waals surface area (Å²) in [5.74, 6) is -2.50. The molecule has 2 aromatic carbocycles. The molecule has 0 radical (unpaired) electrons. The van der Waals surface area contributed by atoms with Gasteiger partial charge in [0.15, 0.2) is 11.9 Å². The highest BCUT2D eigenvalue weighted by Gasteiger charge is 2.32. The van der Waals surface area contributed by atoms with Crippen molar-refractivity contribution in [3.8, 4) is 0 Å². The zero-order valence-electron chi connectivity index (χ0n) is 28.1. The van der Waals surface area contributed by atoms with Gasteiger partial charge in [-0.1, -0.05) is 80.4 Å². The predicted octanol–water partition coefficient (Wildman–Crippen LogP) is -0.645. The number of unbranched alkanes of at least 4 members (excludes halogenated alkanes) is 1. The minimum Gasteiger partial charge on any atom is -0.370 e. The van der Waals surface area contributed by atoms with Crippen molar-refractivity contribution < 1.29 is 19.2 Å². The number of carbonyl (C=O) groups excluding carboxylic acids is 4. The van der Waals surface area contributed by atoms with E-state index in [1.807, 2.05) is 67.6 Å². The number of guanidine groups is 2. The van der Waals surface area contributed by atoms with E-state index in [0.29, 0.717) is 32.5 Å². The van der Waals surface area contributed by atoms with Crippen LogP contribution in [0.25, 0.3) is 0 Å².